The van der Waals surface area contributed by atoms with Crippen LogP contribution in [-0.2, 0) is 6.42 Å². The molecular formula is C12H18N6. The maximum Gasteiger partial charge on any atom is 0.224 e. The van der Waals surface area contributed by atoms with E-state index in [1.165, 1.54) is 5.56 Å². The average Bonchev–Trinajstić information content (AvgIpc) is 2.63. The van der Waals surface area contributed by atoms with Crippen molar-refractivity contribution >= 4 is 11.8 Å². The molecule has 0 atom stereocenters. The van der Waals surface area contributed by atoms with E-state index in [0.29, 0.717) is 11.6 Å². The number of rotatable bonds is 3. The Hall–Kier alpha value is -2.11. The molecule has 2 aromatic heterocycles. The van der Waals surface area contributed by atoms with Crippen molar-refractivity contribution in [1.82, 2.24) is 19.7 Å². The zero-order chi connectivity index (χ0) is 13.3. The summed E-state index contributed by atoms with van der Waals surface area (Å²) in [6, 6.07) is 1.83. The Morgan fingerprint density at radius 2 is 2.06 bits per heavy atom. The number of nitrogens with two attached hydrogens (primary N) is 1. The highest BCUT2D eigenvalue weighted by atomic mass is 15.3. The molecule has 0 aliphatic rings. The van der Waals surface area contributed by atoms with Crippen LogP contribution in [0.1, 0.15) is 23.9 Å². The maximum absolute atomic E-state index is 5.70. The van der Waals surface area contributed by atoms with Crippen molar-refractivity contribution in [2.75, 3.05) is 18.1 Å². The van der Waals surface area contributed by atoms with Gasteiger partial charge in [0.1, 0.15) is 5.82 Å². The fourth-order valence-corrected chi connectivity index (χ4v) is 2.10. The van der Waals surface area contributed by atoms with E-state index in [1.807, 2.05) is 24.6 Å². The van der Waals surface area contributed by atoms with Crippen molar-refractivity contribution < 1.29 is 0 Å². The van der Waals surface area contributed by atoms with Crippen LogP contribution in [0.5, 0.6) is 0 Å². The van der Waals surface area contributed by atoms with Crippen LogP contribution < -0.4 is 11.1 Å². The highest BCUT2D eigenvalue weighted by Gasteiger charge is 2.13. The summed E-state index contributed by atoms with van der Waals surface area (Å²) in [5.74, 6) is 1.61. The Morgan fingerprint density at radius 3 is 2.61 bits per heavy atom. The topological polar surface area (TPSA) is 81.7 Å². The number of anilines is 2. The lowest BCUT2D eigenvalue weighted by Crippen LogP contribution is -2.07. The molecule has 0 spiro atoms. The van der Waals surface area contributed by atoms with Gasteiger partial charge >= 0.3 is 0 Å². The third-order valence-corrected chi connectivity index (χ3v) is 3.00. The second-order valence-corrected chi connectivity index (χ2v) is 4.13. The van der Waals surface area contributed by atoms with Crippen molar-refractivity contribution in [2.45, 2.75) is 27.2 Å². The largest absolute Gasteiger partial charge is 0.373 e. The molecule has 0 unspecified atom stereocenters. The molecule has 0 saturated heterocycles. The van der Waals surface area contributed by atoms with Gasteiger partial charge in [0.2, 0.25) is 5.95 Å². The van der Waals surface area contributed by atoms with E-state index >= 15 is 0 Å². The normalized spacial score (nSPS) is 10.7. The number of aromatic nitrogens is 4. The highest BCUT2D eigenvalue weighted by Crippen LogP contribution is 2.19. The predicted octanol–water partition coefficient (Wildman–Crippen LogP) is 1.47. The molecule has 6 heteroatoms. The fraction of sp³-hybridized carbons (Fsp3) is 0.417. The lowest BCUT2D eigenvalue weighted by molar-refractivity contribution is 0.802. The van der Waals surface area contributed by atoms with Gasteiger partial charge < -0.3 is 11.1 Å². The van der Waals surface area contributed by atoms with Crippen LogP contribution in [0.3, 0.4) is 0 Å². The number of nitrogens with zero attached hydrogens (tertiary/aromatic N) is 4. The van der Waals surface area contributed by atoms with Gasteiger partial charge in [0, 0.05) is 18.8 Å². The van der Waals surface area contributed by atoms with E-state index in [4.69, 9.17) is 5.73 Å². The summed E-state index contributed by atoms with van der Waals surface area (Å²) in [5.41, 5.74) is 9.06. The molecule has 0 radical (unpaired) electrons. The summed E-state index contributed by atoms with van der Waals surface area (Å²) in [4.78, 5) is 8.30. The predicted molar refractivity (Wildman–Crippen MR) is 72.0 cm³/mol. The molecule has 0 aliphatic heterocycles. The van der Waals surface area contributed by atoms with Gasteiger partial charge in [-0.05, 0) is 25.8 Å². The van der Waals surface area contributed by atoms with E-state index in [0.717, 1.165) is 17.8 Å². The first-order valence-corrected chi connectivity index (χ1v) is 5.94. The van der Waals surface area contributed by atoms with Gasteiger partial charge in [0.25, 0.3) is 0 Å². The Bertz CT molecular complexity index is 572. The summed E-state index contributed by atoms with van der Waals surface area (Å²) >= 11 is 0. The van der Waals surface area contributed by atoms with Crippen LogP contribution in [0.25, 0.3) is 5.82 Å². The SMILES string of the molecule is CCc1c(C)nn(-c2cc(NC)nc(N)n2)c1C. The number of hydrogen-bond acceptors (Lipinski definition) is 5. The smallest absolute Gasteiger partial charge is 0.224 e. The number of nitrogens with one attached hydrogen (secondary N) is 1. The molecule has 0 aliphatic carbocycles. The molecule has 96 valence electrons. The van der Waals surface area contributed by atoms with Gasteiger partial charge in [-0.2, -0.15) is 15.1 Å². The van der Waals surface area contributed by atoms with Crippen molar-refractivity contribution in [3.63, 3.8) is 0 Å². The molecular weight excluding hydrogens is 228 g/mol. The van der Waals surface area contributed by atoms with Crippen molar-refractivity contribution in [1.29, 1.82) is 0 Å². The van der Waals surface area contributed by atoms with Gasteiger partial charge in [-0.1, -0.05) is 6.92 Å². The van der Waals surface area contributed by atoms with Crippen molar-refractivity contribution in [3.05, 3.63) is 23.0 Å². The van der Waals surface area contributed by atoms with Gasteiger partial charge in [0.15, 0.2) is 5.82 Å². The summed E-state index contributed by atoms with van der Waals surface area (Å²) < 4.78 is 1.81. The lowest BCUT2D eigenvalue weighted by Gasteiger charge is -2.07. The van der Waals surface area contributed by atoms with Crippen LogP contribution >= 0.6 is 0 Å². The maximum atomic E-state index is 5.70. The second-order valence-electron chi connectivity index (χ2n) is 4.13. The Kier molecular flexibility index (Phi) is 3.18. The third kappa shape index (κ3) is 2.01. The third-order valence-electron chi connectivity index (χ3n) is 3.00. The van der Waals surface area contributed by atoms with Crippen LogP contribution in [-0.4, -0.2) is 26.8 Å². The standard InChI is InChI=1S/C12H18N6/c1-5-9-7(2)17-18(8(9)3)11-6-10(14-4)15-12(13)16-11/h6H,5H2,1-4H3,(H3,13,14,15,16). The minimum Gasteiger partial charge on any atom is -0.373 e. The monoisotopic (exact) mass is 246 g/mol. The van der Waals surface area contributed by atoms with Gasteiger partial charge in [0.05, 0.1) is 5.69 Å². The zero-order valence-electron chi connectivity index (χ0n) is 11.2. The zero-order valence-corrected chi connectivity index (χ0v) is 11.2. The van der Waals surface area contributed by atoms with Crippen molar-refractivity contribution in [3.8, 4) is 5.82 Å². The molecule has 2 heterocycles. The van der Waals surface area contributed by atoms with Crippen LogP contribution in [0.4, 0.5) is 11.8 Å². The summed E-state index contributed by atoms with van der Waals surface area (Å²) in [6.07, 6.45) is 0.955. The molecule has 0 aromatic carbocycles. The van der Waals surface area contributed by atoms with E-state index in [1.54, 1.807) is 7.05 Å². The summed E-state index contributed by atoms with van der Waals surface area (Å²) in [7, 11) is 1.80. The van der Waals surface area contributed by atoms with Crippen LogP contribution in [0.15, 0.2) is 6.07 Å². The van der Waals surface area contributed by atoms with Crippen LogP contribution in [0, 0.1) is 13.8 Å². The molecule has 0 bridgehead atoms. The first-order chi connectivity index (χ1) is 8.56. The van der Waals surface area contributed by atoms with Gasteiger partial charge in [-0.3, -0.25) is 0 Å². The second kappa shape index (κ2) is 4.64. The quantitative estimate of drug-likeness (QED) is 0.857. The molecule has 0 amide bonds. The fourth-order valence-electron chi connectivity index (χ4n) is 2.10. The Balaban J connectivity index is 2.58. The molecule has 2 aromatic rings. The van der Waals surface area contributed by atoms with Gasteiger partial charge in [-0.15, -0.1) is 0 Å². The number of nitrogen functional groups attached to an aromatic ring is 1. The molecule has 2 rings (SSSR count). The summed E-state index contributed by atoms with van der Waals surface area (Å²) in [5, 5.41) is 7.47. The minimum atomic E-state index is 0.238. The molecule has 6 nitrogen and oxygen atoms in total. The number of aryl methyl sites for hydroxylation is 1. The summed E-state index contributed by atoms with van der Waals surface area (Å²) in [6.45, 7) is 6.16. The lowest BCUT2D eigenvalue weighted by atomic mass is 10.1. The molecule has 0 saturated carbocycles. The molecule has 18 heavy (non-hydrogen) atoms. The van der Waals surface area contributed by atoms with Crippen LogP contribution in [0.2, 0.25) is 0 Å². The molecule has 3 N–H and O–H groups in total. The first kappa shape index (κ1) is 12.3. The molecule has 0 fully saturated rings. The van der Waals surface area contributed by atoms with Gasteiger partial charge in [-0.25, -0.2) is 4.68 Å². The van der Waals surface area contributed by atoms with E-state index in [9.17, 15) is 0 Å². The highest BCUT2D eigenvalue weighted by molar-refractivity contribution is 5.46. The van der Waals surface area contributed by atoms with E-state index in [-0.39, 0.29) is 5.95 Å². The number of hydrogen-bond donors (Lipinski definition) is 2. The van der Waals surface area contributed by atoms with E-state index < -0.39 is 0 Å². The minimum absolute atomic E-state index is 0.238. The average molecular weight is 246 g/mol. The Morgan fingerprint density at radius 1 is 1.33 bits per heavy atom. The Labute approximate surface area is 106 Å². The van der Waals surface area contributed by atoms with E-state index in [2.05, 4.69) is 27.3 Å². The van der Waals surface area contributed by atoms with Crippen molar-refractivity contribution in [2.24, 2.45) is 0 Å². The first-order valence-electron chi connectivity index (χ1n) is 5.94.